The van der Waals surface area contributed by atoms with Crippen LogP contribution in [0.3, 0.4) is 0 Å². The van der Waals surface area contributed by atoms with E-state index < -0.39 is 0 Å². The predicted molar refractivity (Wildman–Crippen MR) is 59.0 cm³/mol. The lowest BCUT2D eigenvalue weighted by Gasteiger charge is -2.04. The summed E-state index contributed by atoms with van der Waals surface area (Å²) in [7, 11) is 0. The molecule has 0 bridgehead atoms. The Morgan fingerprint density at radius 2 is 2.00 bits per heavy atom. The maximum absolute atomic E-state index is 11.3. The van der Waals surface area contributed by atoms with Crippen LogP contribution in [0.15, 0.2) is 24.3 Å². The second-order valence-electron chi connectivity index (χ2n) is 3.27. The normalized spacial score (nSPS) is 9.79. The third kappa shape index (κ3) is 3.47. The van der Waals surface area contributed by atoms with Gasteiger partial charge in [-0.1, -0.05) is 13.3 Å². The number of anilines is 2. The Morgan fingerprint density at radius 1 is 1.36 bits per heavy atom. The topological polar surface area (TPSA) is 55.1 Å². The molecule has 0 radical (unpaired) electrons. The molecule has 14 heavy (non-hydrogen) atoms. The van der Waals surface area contributed by atoms with Crippen LogP contribution in [0.4, 0.5) is 11.4 Å². The number of nitrogens with one attached hydrogen (secondary N) is 1. The van der Waals surface area contributed by atoms with E-state index in [0.29, 0.717) is 12.1 Å². The molecule has 0 atom stereocenters. The van der Waals surface area contributed by atoms with Gasteiger partial charge in [0.15, 0.2) is 0 Å². The summed E-state index contributed by atoms with van der Waals surface area (Å²) >= 11 is 0. The van der Waals surface area contributed by atoms with E-state index in [9.17, 15) is 4.79 Å². The fourth-order valence-electron chi connectivity index (χ4n) is 1.13. The second-order valence-corrected chi connectivity index (χ2v) is 3.27. The Labute approximate surface area is 84.3 Å². The van der Waals surface area contributed by atoms with Crippen molar-refractivity contribution >= 4 is 17.3 Å². The third-order valence-corrected chi connectivity index (χ3v) is 1.95. The van der Waals surface area contributed by atoms with Crippen LogP contribution in [-0.2, 0) is 4.79 Å². The quantitative estimate of drug-likeness (QED) is 0.720. The summed E-state index contributed by atoms with van der Waals surface area (Å²) in [5.41, 5.74) is 7.04. The summed E-state index contributed by atoms with van der Waals surface area (Å²) in [6.07, 6.45) is 2.55. The molecular formula is C11H16N2O. The third-order valence-electron chi connectivity index (χ3n) is 1.95. The SMILES string of the molecule is CCCCC(=O)Nc1ccc(N)cc1. The molecule has 1 rings (SSSR count). The van der Waals surface area contributed by atoms with Crippen molar-refractivity contribution in [3.05, 3.63) is 24.3 Å². The first-order valence-electron chi connectivity index (χ1n) is 4.87. The first-order chi connectivity index (χ1) is 6.72. The van der Waals surface area contributed by atoms with Gasteiger partial charge in [-0.05, 0) is 30.7 Å². The van der Waals surface area contributed by atoms with Gasteiger partial charge in [0.1, 0.15) is 0 Å². The molecule has 0 aliphatic carbocycles. The highest BCUT2D eigenvalue weighted by molar-refractivity contribution is 5.90. The molecule has 0 saturated heterocycles. The zero-order valence-corrected chi connectivity index (χ0v) is 8.42. The summed E-state index contributed by atoms with van der Waals surface area (Å²) in [5.74, 6) is 0.0663. The molecule has 0 aliphatic rings. The molecule has 0 spiro atoms. The molecular weight excluding hydrogens is 176 g/mol. The maximum atomic E-state index is 11.3. The van der Waals surface area contributed by atoms with Gasteiger partial charge in [-0.3, -0.25) is 4.79 Å². The first-order valence-corrected chi connectivity index (χ1v) is 4.87. The van der Waals surface area contributed by atoms with E-state index in [0.717, 1.165) is 18.5 Å². The van der Waals surface area contributed by atoms with Gasteiger partial charge < -0.3 is 11.1 Å². The Morgan fingerprint density at radius 3 is 2.57 bits per heavy atom. The van der Waals surface area contributed by atoms with Crippen LogP contribution in [0, 0.1) is 0 Å². The summed E-state index contributed by atoms with van der Waals surface area (Å²) < 4.78 is 0. The van der Waals surface area contributed by atoms with Crippen LogP contribution < -0.4 is 11.1 Å². The van der Waals surface area contributed by atoms with E-state index >= 15 is 0 Å². The first kappa shape index (κ1) is 10.6. The summed E-state index contributed by atoms with van der Waals surface area (Å²) in [6, 6.07) is 7.16. The van der Waals surface area contributed by atoms with E-state index in [-0.39, 0.29) is 5.91 Å². The van der Waals surface area contributed by atoms with Crippen LogP contribution in [0.5, 0.6) is 0 Å². The van der Waals surface area contributed by atoms with E-state index in [2.05, 4.69) is 12.2 Å². The Balaban J connectivity index is 2.44. The fraction of sp³-hybridized carbons (Fsp3) is 0.364. The minimum Gasteiger partial charge on any atom is -0.399 e. The lowest BCUT2D eigenvalue weighted by atomic mass is 10.2. The average molecular weight is 192 g/mol. The van der Waals surface area contributed by atoms with Crippen LogP contribution in [-0.4, -0.2) is 5.91 Å². The van der Waals surface area contributed by atoms with E-state index in [1.165, 1.54) is 0 Å². The standard InChI is InChI=1S/C11H16N2O/c1-2-3-4-11(14)13-10-7-5-9(12)6-8-10/h5-8H,2-4,12H2,1H3,(H,13,14). The number of hydrogen-bond acceptors (Lipinski definition) is 2. The van der Waals surface area contributed by atoms with E-state index in [4.69, 9.17) is 5.73 Å². The van der Waals surface area contributed by atoms with Crippen molar-refractivity contribution in [2.24, 2.45) is 0 Å². The van der Waals surface area contributed by atoms with Crippen molar-refractivity contribution in [2.45, 2.75) is 26.2 Å². The van der Waals surface area contributed by atoms with Gasteiger partial charge in [-0.2, -0.15) is 0 Å². The number of benzene rings is 1. The van der Waals surface area contributed by atoms with Crippen molar-refractivity contribution < 1.29 is 4.79 Å². The van der Waals surface area contributed by atoms with Crippen LogP contribution in [0.2, 0.25) is 0 Å². The van der Waals surface area contributed by atoms with Crippen LogP contribution >= 0.6 is 0 Å². The van der Waals surface area contributed by atoms with Crippen LogP contribution in [0.1, 0.15) is 26.2 Å². The molecule has 1 amide bonds. The molecule has 0 heterocycles. The largest absolute Gasteiger partial charge is 0.399 e. The van der Waals surface area contributed by atoms with Gasteiger partial charge in [0.2, 0.25) is 5.91 Å². The van der Waals surface area contributed by atoms with Crippen molar-refractivity contribution in [1.29, 1.82) is 0 Å². The fourth-order valence-corrected chi connectivity index (χ4v) is 1.13. The van der Waals surface area contributed by atoms with Gasteiger partial charge in [0, 0.05) is 17.8 Å². The van der Waals surface area contributed by atoms with Crippen molar-refractivity contribution in [3.63, 3.8) is 0 Å². The molecule has 3 heteroatoms. The zero-order chi connectivity index (χ0) is 10.4. The minimum atomic E-state index is 0.0663. The number of hydrogen-bond donors (Lipinski definition) is 2. The van der Waals surface area contributed by atoms with E-state index in [1.807, 2.05) is 0 Å². The van der Waals surface area contributed by atoms with Gasteiger partial charge in [0.25, 0.3) is 0 Å². The molecule has 3 N–H and O–H groups in total. The second kappa shape index (κ2) is 5.27. The van der Waals surface area contributed by atoms with E-state index in [1.54, 1.807) is 24.3 Å². The number of amides is 1. The number of nitrogens with two attached hydrogens (primary N) is 1. The lowest BCUT2D eigenvalue weighted by molar-refractivity contribution is -0.116. The van der Waals surface area contributed by atoms with Crippen molar-refractivity contribution in [1.82, 2.24) is 0 Å². The lowest BCUT2D eigenvalue weighted by Crippen LogP contribution is -2.10. The average Bonchev–Trinajstić information content (AvgIpc) is 2.18. The monoisotopic (exact) mass is 192 g/mol. The summed E-state index contributed by atoms with van der Waals surface area (Å²) in [6.45, 7) is 2.07. The van der Waals surface area contributed by atoms with Crippen molar-refractivity contribution in [3.8, 4) is 0 Å². The Hall–Kier alpha value is -1.51. The highest BCUT2D eigenvalue weighted by Crippen LogP contribution is 2.11. The number of carbonyl (C=O) groups excluding carboxylic acids is 1. The number of unbranched alkanes of at least 4 members (excludes halogenated alkanes) is 1. The van der Waals surface area contributed by atoms with Crippen LogP contribution in [0.25, 0.3) is 0 Å². The summed E-state index contributed by atoms with van der Waals surface area (Å²) in [5, 5.41) is 2.81. The van der Waals surface area contributed by atoms with Gasteiger partial charge in [0.05, 0.1) is 0 Å². The molecule has 0 unspecified atom stereocenters. The molecule has 0 aromatic heterocycles. The minimum absolute atomic E-state index is 0.0663. The molecule has 1 aromatic rings. The van der Waals surface area contributed by atoms with Gasteiger partial charge in [-0.25, -0.2) is 0 Å². The molecule has 1 aromatic carbocycles. The maximum Gasteiger partial charge on any atom is 0.224 e. The Kier molecular flexibility index (Phi) is 3.98. The zero-order valence-electron chi connectivity index (χ0n) is 8.42. The van der Waals surface area contributed by atoms with Gasteiger partial charge >= 0.3 is 0 Å². The highest BCUT2D eigenvalue weighted by Gasteiger charge is 2.00. The Bertz CT molecular complexity index is 293. The number of carbonyl (C=O) groups is 1. The summed E-state index contributed by atoms with van der Waals surface area (Å²) in [4.78, 5) is 11.3. The molecule has 3 nitrogen and oxygen atoms in total. The van der Waals surface area contributed by atoms with Crippen molar-refractivity contribution in [2.75, 3.05) is 11.1 Å². The number of rotatable bonds is 4. The smallest absolute Gasteiger partial charge is 0.224 e. The predicted octanol–water partition coefficient (Wildman–Crippen LogP) is 2.40. The molecule has 0 saturated carbocycles. The van der Waals surface area contributed by atoms with Gasteiger partial charge in [-0.15, -0.1) is 0 Å². The molecule has 76 valence electrons. The molecule has 0 aliphatic heterocycles. The highest BCUT2D eigenvalue weighted by atomic mass is 16.1. The molecule has 0 fully saturated rings. The number of nitrogen functional groups attached to an aromatic ring is 1.